The van der Waals surface area contributed by atoms with Gasteiger partial charge in [0, 0.05) is 23.1 Å². The van der Waals surface area contributed by atoms with E-state index in [1.807, 2.05) is 6.92 Å². The van der Waals surface area contributed by atoms with Crippen molar-refractivity contribution in [3.05, 3.63) is 40.2 Å². The van der Waals surface area contributed by atoms with E-state index in [0.29, 0.717) is 22.8 Å². The Hall–Kier alpha value is -2.30. The van der Waals surface area contributed by atoms with Crippen LogP contribution < -0.4 is 10.4 Å². The average Bonchev–Trinajstić information content (AvgIpc) is 3.20. The van der Waals surface area contributed by atoms with E-state index in [1.54, 1.807) is 25.3 Å². The molecule has 2 aromatic rings. The second kappa shape index (κ2) is 5.24. The predicted octanol–water partition coefficient (Wildman–Crippen LogP) is 2.50. The fraction of sp³-hybridized carbons (Fsp3) is 0.375. The Kier molecular flexibility index (Phi) is 3.41. The largest absolute Gasteiger partial charge is 0.497 e. The van der Waals surface area contributed by atoms with Crippen LogP contribution in [0.3, 0.4) is 0 Å². The zero-order valence-electron chi connectivity index (χ0n) is 11.9. The summed E-state index contributed by atoms with van der Waals surface area (Å²) in [6.45, 7) is 2.10. The summed E-state index contributed by atoms with van der Waals surface area (Å²) in [6, 6.07) is 6.57. The molecule has 0 bridgehead atoms. The Morgan fingerprint density at radius 2 is 2.14 bits per heavy atom. The quantitative estimate of drug-likeness (QED) is 0.639. The highest BCUT2D eigenvalue weighted by Gasteiger charge is 2.40. The molecule has 0 spiro atoms. The van der Waals surface area contributed by atoms with Crippen LogP contribution in [0.1, 0.15) is 18.9 Å². The van der Waals surface area contributed by atoms with Crippen LogP contribution in [0.15, 0.2) is 33.5 Å². The average molecular weight is 288 g/mol. The van der Waals surface area contributed by atoms with Gasteiger partial charge in [-0.05, 0) is 24.5 Å². The Labute approximate surface area is 121 Å². The third-order valence-corrected chi connectivity index (χ3v) is 3.82. The van der Waals surface area contributed by atoms with Gasteiger partial charge in [-0.15, -0.1) is 0 Å². The number of benzene rings is 1. The maximum Gasteiger partial charge on any atom is 0.336 e. The van der Waals surface area contributed by atoms with Gasteiger partial charge in [0.2, 0.25) is 0 Å². The van der Waals surface area contributed by atoms with E-state index < -0.39 is 5.63 Å². The van der Waals surface area contributed by atoms with E-state index in [-0.39, 0.29) is 18.5 Å². The van der Waals surface area contributed by atoms with Gasteiger partial charge in [-0.25, -0.2) is 4.79 Å². The lowest BCUT2D eigenvalue weighted by Gasteiger charge is -2.08. The zero-order valence-corrected chi connectivity index (χ0v) is 11.9. The molecule has 0 N–H and O–H groups in total. The monoisotopic (exact) mass is 288 g/mol. The molecule has 0 radical (unpaired) electrons. The molecule has 21 heavy (non-hydrogen) atoms. The molecule has 0 amide bonds. The molecule has 1 aliphatic carbocycles. The summed E-state index contributed by atoms with van der Waals surface area (Å²) in [7, 11) is 1.54. The van der Waals surface area contributed by atoms with Crippen molar-refractivity contribution in [2.24, 2.45) is 11.8 Å². The van der Waals surface area contributed by atoms with Crippen molar-refractivity contribution in [3.8, 4) is 5.75 Å². The topological polar surface area (TPSA) is 65.7 Å². The Morgan fingerprint density at radius 3 is 2.81 bits per heavy atom. The van der Waals surface area contributed by atoms with Crippen LogP contribution in [0.25, 0.3) is 11.0 Å². The van der Waals surface area contributed by atoms with Gasteiger partial charge < -0.3 is 13.9 Å². The predicted molar refractivity (Wildman–Crippen MR) is 76.1 cm³/mol. The van der Waals surface area contributed by atoms with Crippen molar-refractivity contribution in [1.82, 2.24) is 0 Å². The normalized spacial score (nSPS) is 20.3. The minimum atomic E-state index is -0.471. The molecule has 0 saturated heterocycles. The van der Waals surface area contributed by atoms with Crippen LogP contribution in [-0.4, -0.2) is 13.1 Å². The number of methoxy groups -OCH3 is 1. The number of rotatable bonds is 4. The van der Waals surface area contributed by atoms with Crippen molar-refractivity contribution in [2.45, 2.75) is 20.0 Å². The molecule has 1 heterocycles. The minimum absolute atomic E-state index is 0.0106. The molecule has 1 aliphatic rings. The molecule has 1 aromatic heterocycles. The number of fused-ring (bicyclic) bond motifs is 1. The fourth-order valence-corrected chi connectivity index (χ4v) is 2.36. The first kappa shape index (κ1) is 13.7. The van der Waals surface area contributed by atoms with E-state index in [0.717, 1.165) is 11.8 Å². The molecule has 5 heteroatoms. The summed E-state index contributed by atoms with van der Waals surface area (Å²) in [6.07, 6.45) is 0.883. The number of hydrogen-bond acceptors (Lipinski definition) is 5. The molecule has 3 rings (SSSR count). The van der Waals surface area contributed by atoms with E-state index in [4.69, 9.17) is 13.9 Å². The molecule has 2 atom stereocenters. The third-order valence-electron chi connectivity index (χ3n) is 3.82. The molecule has 0 aliphatic heterocycles. The SMILES string of the molecule is COc1ccc2c(COC(=O)[C@@H]3C[C@@H]3C)cc(=O)oc2c1. The van der Waals surface area contributed by atoms with Crippen LogP contribution in [0.2, 0.25) is 0 Å². The van der Waals surface area contributed by atoms with Crippen molar-refractivity contribution >= 4 is 16.9 Å². The molecular formula is C16H16O5. The summed E-state index contributed by atoms with van der Waals surface area (Å²) in [4.78, 5) is 23.4. The van der Waals surface area contributed by atoms with Gasteiger partial charge in [0.15, 0.2) is 0 Å². The first-order valence-corrected chi connectivity index (χ1v) is 6.86. The van der Waals surface area contributed by atoms with Crippen molar-refractivity contribution < 1.29 is 18.7 Å². The second-order valence-electron chi connectivity index (χ2n) is 5.38. The third kappa shape index (κ3) is 2.77. The lowest BCUT2D eigenvalue weighted by molar-refractivity contribution is -0.146. The lowest BCUT2D eigenvalue weighted by atomic mass is 10.1. The lowest BCUT2D eigenvalue weighted by Crippen LogP contribution is -2.09. The van der Waals surface area contributed by atoms with Crippen molar-refractivity contribution in [2.75, 3.05) is 7.11 Å². The van der Waals surface area contributed by atoms with Crippen LogP contribution >= 0.6 is 0 Å². The number of carbonyl (C=O) groups is 1. The van der Waals surface area contributed by atoms with Gasteiger partial charge in [-0.1, -0.05) is 6.92 Å². The highest BCUT2D eigenvalue weighted by Crippen LogP contribution is 2.38. The fourth-order valence-electron chi connectivity index (χ4n) is 2.36. The molecular weight excluding hydrogens is 272 g/mol. The van der Waals surface area contributed by atoms with Gasteiger partial charge in [-0.3, -0.25) is 4.79 Å². The summed E-state index contributed by atoms with van der Waals surface area (Å²) < 4.78 is 15.5. The Bertz CT molecular complexity index is 746. The van der Waals surface area contributed by atoms with Crippen LogP contribution in [0.5, 0.6) is 5.75 Å². The van der Waals surface area contributed by atoms with Crippen LogP contribution in [0, 0.1) is 11.8 Å². The minimum Gasteiger partial charge on any atom is -0.497 e. The Morgan fingerprint density at radius 1 is 1.38 bits per heavy atom. The smallest absolute Gasteiger partial charge is 0.336 e. The van der Waals surface area contributed by atoms with E-state index in [2.05, 4.69) is 0 Å². The summed E-state index contributed by atoms with van der Waals surface area (Å²) in [5, 5.41) is 0.743. The molecule has 0 unspecified atom stereocenters. The summed E-state index contributed by atoms with van der Waals surface area (Å²) in [5.41, 5.74) is 0.597. The highest BCUT2D eigenvalue weighted by molar-refractivity contribution is 5.82. The van der Waals surface area contributed by atoms with Crippen LogP contribution in [-0.2, 0) is 16.1 Å². The first-order chi connectivity index (χ1) is 10.1. The second-order valence-corrected chi connectivity index (χ2v) is 5.38. The van der Waals surface area contributed by atoms with Crippen molar-refractivity contribution in [3.63, 3.8) is 0 Å². The van der Waals surface area contributed by atoms with Gasteiger partial charge in [-0.2, -0.15) is 0 Å². The van der Waals surface area contributed by atoms with E-state index in [1.165, 1.54) is 6.07 Å². The first-order valence-electron chi connectivity index (χ1n) is 6.86. The van der Waals surface area contributed by atoms with E-state index >= 15 is 0 Å². The van der Waals surface area contributed by atoms with Gasteiger partial charge in [0.05, 0.1) is 13.0 Å². The molecule has 1 aromatic carbocycles. The van der Waals surface area contributed by atoms with Crippen molar-refractivity contribution in [1.29, 1.82) is 0 Å². The maximum absolute atomic E-state index is 11.8. The van der Waals surface area contributed by atoms with Gasteiger partial charge in [0.25, 0.3) is 0 Å². The number of hydrogen-bond donors (Lipinski definition) is 0. The summed E-state index contributed by atoms with van der Waals surface area (Å²) >= 11 is 0. The van der Waals surface area contributed by atoms with Gasteiger partial charge in [0.1, 0.15) is 17.9 Å². The maximum atomic E-state index is 11.8. The van der Waals surface area contributed by atoms with E-state index in [9.17, 15) is 9.59 Å². The number of ether oxygens (including phenoxy) is 2. The number of esters is 1. The highest BCUT2D eigenvalue weighted by atomic mass is 16.5. The molecule has 1 fully saturated rings. The van der Waals surface area contributed by atoms with Crippen LogP contribution in [0.4, 0.5) is 0 Å². The molecule has 110 valence electrons. The number of carbonyl (C=O) groups excluding carboxylic acids is 1. The standard InChI is InChI=1S/C16H16O5/c1-9-5-13(9)16(18)20-8-10-6-15(17)21-14-7-11(19-2)3-4-12(10)14/h3-4,6-7,9,13H,5,8H2,1-2H3/t9-,13+/m0/s1. The molecule has 1 saturated carbocycles. The van der Waals surface area contributed by atoms with Gasteiger partial charge >= 0.3 is 11.6 Å². The molecule has 5 nitrogen and oxygen atoms in total. The Balaban J connectivity index is 1.87. The zero-order chi connectivity index (χ0) is 15.0. The summed E-state index contributed by atoms with van der Waals surface area (Å²) in [5.74, 6) is 0.819.